The van der Waals surface area contributed by atoms with Crippen molar-refractivity contribution in [1.82, 2.24) is 0 Å². The number of para-hydroxylation sites is 1. The summed E-state index contributed by atoms with van der Waals surface area (Å²) in [6.07, 6.45) is 8.07. The van der Waals surface area contributed by atoms with Gasteiger partial charge in [-0.2, -0.15) is 0 Å². The molecule has 1 atom stereocenters. The summed E-state index contributed by atoms with van der Waals surface area (Å²) < 4.78 is 11.7. The van der Waals surface area contributed by atoms with Gasteiger partial charge in [-0.05, 0) is 31.2 Å². The van der Waals surface area contributed by atoms with Crippen LogP contribution in [0, 0.1) is 0 Å². The SMILES string of the molecule is COC1(C(O)c2cccc3c2OCCC3)CCCCCC1. The van der Waals surface area contributed by atoms with Crippen LogP contribution in [0.15, 0.2) is 18.2 Å². The first-order valence-corrected chi connectivity index (χ1v) is 8.25. The molecule has 1 aliphatic heterocycles. The highest BCUT2D eigenvalue weighted by Gasteiger charge is 2.40. The van der Waals surface area contributed by atoms with Crippen LogP contribution >= 0.6 is 0 Å². The van der Waals surface area contributed by atoms with Gasteiger partial charge in [-0.3, -0.25) is 0 Å². The summed E-state index contributed by atoms with van der Waals surface area (Å²) in [5, 5.41) is 11.1. The predicted octanol–water partition coefficient (Wildman–Crippen LogP) is 3.78. The summed E-state index contributed by atoms with van der Waals surface area (Å²) in [7, 11) is 1.74. The first kappa shape index (κ1) is 14.9. The Bertz CT molecular complexity index is 475. The van der Waals surface area contributed by atoms with Gasteiger partial charge in [0.25, 0.3) is 0 Å². The molecule has 0 spiro atoms. The van der Waals surface area contributed by atoms with Crippen molar-refractivity contribution in [3.05, 3.63) is 29.3 Å². The van der Waals surface area contributed by atoms with E-state index in [1.807, 2.05) is 12.1 Å². The van der Waals surface area contributed by atoms with Gasteiger partial charge in [0.05, 0.1) is 12.2 Å². The van der Waals surface area contributed by atoms with Gasteiger partial charge in [-0.25, -0.2) is 0 Å². The summed E-state index contributed by atoms with van der Waals surface area (Å²) in [4.78, 5) is 0. The summed E-state index contributed by atoms with van der Waals surface area (Å²) in [6.45, 7) is 0.747. The van der Waals surface area contributed by atoms with Gasteiger partial charge in [0.15, 0.2) is 0 Å². The number of benzene rings is 1. The maximum atomic E-state index is 11.1. The number of hydrogen-bond donors (Lipinski definition) is 1. The lowest BCUT2D eigenvalue weighted by Crippen LogP contribution is -2.38. The van der Waals surface area contributed by atoms with Gasteiger partial charge in [0.1, 0.15) is 11.9 Å². The zero-order valence-electron chi connectivity index (χ0n) is 12.9. The monoisotopic (exact) mass is 290 g/mol. The fourth-order valence-corrected chi connectivity index (χ4v) is 3.83. The van der Waals surface area contributed by atoms with Gasteiger partial charge >= 0.3 is 0 Å². The maximum Gasteiger partial charge on any atom is 0.128 e. The Balaban J connectivity index is 1.94. The molecule has 1 aliphatic carbocycles. The number of hydrogen-bond acceptors (Lipinski definition) is 3. The normalized spacial score (nSPS) is 22.8. The Hall–Kier alpha value is -1.06. The van der Waals surface area contributed by atoms with Crippen molar-refractivity contribution in [2.45, 2.75) is 63.1 Å². The lowest BCUT2D eigenvalue weighted by atomic mass is 9.83. The topological polar surface area (TPSA) is 38.7 Å². The van der Waals surface area contributed by atoms with Crippen molar-refractivity contribution in [3.8, 4) is 5.75 Å². The number of methoxy groups -OCH3 is 1. The third-order valence-corrected chi connectivity index (χ3v) is 5.11. The van der Waals surface area contributed by atoms with Crippen molar-refractivity contribution in [2.75, 3.05) is 13.7 Å². The first-order valence-electron chi connectivity index (χ1n) is 8.25. The molecule has 0 radical (unpaired) electrons. The van der Waals surface area contributed by atoms with Crippen molar-refractivity contribution in [1.29, 1.82) is 0 Å². The third kappa shape index (κ3) is 2.82. The minimum Gasteiger partial charge on any atom is -0.493 e. The molecule has 1 heterocycles. The van der Waals surface area contributed by atoms with E-state index in [0.717, 1.165) is 56.4 Å². The molecule has 0 aromatic heterocycles. The zero-order valence-corrected chi connectivity index (χ0v) is 12.9. The fraction of sp³-hybridized carbons (Fsp3) is 0.667. The van der Waals surface area contributed by atoms with E-state index in [9.17, 15) is 5.11 Å². The Morgan fingerprint density at radius 3 is 2.62 bits per heavy atom. The van der Waals surface area contributed by atoms with Crippen LogP contribution in [-0.4, -0.2) is 24.4 Å². The zero-order chi connectivity index (χ0) is 14.7. The Kier molecular flexibility index (Phi) is 4.51. The van der Waals surface area contributed by atoms with E-state index >= 15 is 0 Å². The second-order valence-electron chi connectivity index (χ2n) is 6.37. The standard InChI is InChI=1S/C18H26O3/c1-20-18(11-4-2-3-5-12-18)17(19)15-10-6-8-14-9-7-13-21-16(14)15/h6,8,10,17,19H,2-5,7,9,11-13H2,1H3. The van der Waals surface area contributed by atoms with Crippen LogP contribution in [0.25, 0.3) is 0 Å². The van der Waals surface area contributed by atoms with Crippen molar-refractivity contribution >= 4 is 0 Å². The summed E-state index contributed by atoms with van der Waals surface area (Å²) in [6, 6.07) is 6.14. The van der Waals surface area contributed by atoms with Crippen molar-refractivity contribution in [3.63, 3.8) is 0 Å². The van der Waals surface area contributed by atoms with Crippen LogP contribution < -0.4 is 4.74 Å². The van der Waals surface area contributed by atoms with Crippen LogP contribution in [-0.2, 0) is 11.2 Å². The highest BCUT2D eigenvalue weighted by Crippen LogP contribution is 2.44. The van der Waals surface area contributed by atoms with Crippen LogP contribution in [0.1, 0.15) is 62.2 Å². The highest BCUT2D eigenvalue weighted by molar-refractivity contribution is 5.45. The lowest BCUT2D eigenvalue weighted by Gasteiger charge is -2.37. The Morgan fingerprint density at radius 2 is 1.90 bits per heavy atom. The molecular formula is C18H26O3. The van der Waals surface area contributed by atoms with E-state index in [4.69, 9.17) is 9.47 Å². The third-order valence-electron chi connectivity index (χ3n) is 5.11. The molecule has 3 heteroatoms. The van der Waals surface area contributed by atoms with Gasteiger partial charge < -0.3 is 14.6 Å². The molecule has 1 aromatic carbocycles. The number of rotatable bonds is 3. The largest absolute Gasteiger partial charge is 0.493 e. The van der Waals surface area contributed by atoms with E-state index in [-0.39, 0.29) is 0 Å². The number of aryl methyl sites for hydroxylation is 1. The number of aliphatic hydroxyl groups is 1. The molecule has 116 valence electrons. The molecule has 1 unspecified atom stereocenters. The number of fused-ring (bicyclic) bond motifs is 1. The molecule has 1 N–H and O–H groups in total. The summed E-state index contributed by atoms with van der Waals surface area (Å²) in [5.41, 5.74) is 1.68. The van der Waals surface area contributed by atoms with Crippen LogP contribution in [0.4, 0.5) is 0 Å². The molecule has 3 rings (SSSR count). The van der Waals surface area contributed by atoms with Crippen molar-refractivity contribution < 1.29 is 14.6 Å². The quantitative estimate of drug-likeness (QED) is 0.861. The molecule has 0 saturated heterocycles. The lowest BCUT2D eigenvalue weighted by molar-refractivity contribution is -0.114. The van der Waals surface area contributed by atoms with Gasteiger partial charge in [0.2, 0.25) is 0 Å². The smallest absolute Gasteiger partial charge is 0.128 e. The average Bonchev–Trinajstić information content (AvgIpc) is 2.80. The minimum atomic E-state index is -0.603. The van der Waals surface area contributed by atoms with E-state index in [1.165, 1.54) is 18.4 Å². The van der Waals surface area contributed by atoms with Gasteiger partial charge in [-0.1, -0.05) is 43.9 Å². The number of aliphatic hydroxyl groups excluding tert-OH is 1. The second-order valence-corrected chi connectivity index (χ2v) is 6.37. The van der Waals surface area contributed by atoms with E-state index in [1.54, 1.807) is 7.11 Å². The first-order chi connectivity index (χ1) is 10.3. The van der Waals surface area contributed by atoms with Gasteiger partial charge in [0, 0.05) is 12.7 Å². The molecule has 21 heavy (non-hydrogen) atoms. The molecule has 1 saturated carbocycles. The molecular weight excluding hydrogens is 264 g/mol. The van der Waals surface area contributed by atoms with E-state index in [2.05, 4.69) is 6.07 Å². The highest BCUT2D eigenvalue weighted by atomic mass is 16.5. The van der Waals surface area contributed by atoms with Crippen LogP contribution in [0.2, 0.25) is 0 Å². The predicted molar refractivity (Wildman–Crippen MR) is 82.7 cm³/mol. The maximum absolute atomic E-state index is 11.1. The van der Waals surface area contributed by atoms with Crippen molar-refractivity contribution in [2.24, 2.45) is 0 Å². The van der Waals surface area contributed by atoms with Crippen LogP contribution in [0.3, 0.4) is 0 Å². The molecule has 1 fully saturated rings. The van der Waals surface area contributed by atoms with E-state index < -0.39 is 11.7 Å². The molecule has 0 bridgehead atoms. The van der Waals surface area contributed by atoms with Crippen LogP contribution in [0.5, 0.6) is 5.75 Å². The Morgan fingerprint density at radius 1 is 1.14 bits per heavy atom. The second kappa shape index (κ2) is 6.37. The molecule has 3 nitrogen and oxygen atoms in total. The fourth-order valence-electron chi connectivity index (χ4n) is 3.83. The van der Waals surface area contributed by atoms with E-state index in [0.29, 0.717) is 0 Å². The number of ether oxygens (including phenoxy) is 2. The van der Waals surface area contributed by atoms with Gasteiger partial charge in [-0.15, -0.1) is 0 Å². The molecule has 2 aliphatic rings. The Labute approximate surface area is 127 Å². The summed E-state index contributed by atoms with van der Waals surface area (Å²) >= 11 is 0. The average molecular weight is 290 g/mol. The molecule has 1 aromatic rings. The molecule has 0 amide bonds. The summed E-state index contributed by atoms with van der Waals surface area (Å²) in [5.74, 6) is 0.900. The minimum absolute atomic E-state index is 0.452.